The zero-order chi connectivity index (χ0) is 13.9. The summed E-state index contributed by atoms with van der Waals surface area (Å²) in [6, 6.07) is -0.720. The van der Waals surface area contributed by atoms with Gasteiger partial charge in [0.1, 0.15) is 0 Å². The van der Waals surface area contributed by atoms with Gasteiger partial charge in [-0.15, -0.1) is 0 Å². The first-order valence-electron chi connectivity index (χ1n) is 5.78. The molecule has 0 saturated carbocycles. The fourth-order valence-corrected chi connectivity index (χ4v) is 1.62. The number of carbonyl (C=O) groups excluding carboxylic acids is 4. The van der Waals surface area contributed by atoms with Crippen LogP contribution in [0.4, 0.5) is 4.79 Å². The molecule has 7 heteroatoms. The van der Waals surface area contributed by atoms with Crippen molar-refractivity contribution in [3.8, 4) is 0 Å². The van der Waals surface area contributed by atoms with Crippen molar-refractivity contribution >= 4 is 23.8 Å². The zero-order valence-electron chi connectivity index (χ0n) is 10.7. The standard InChI is InChI=1S/C11H17N3O4/c1-4-5-6-12-8(15)7-9(16)13(2)11(18)14(3)10(7)17/h7H,4-6H2,1-3H3,(H,12,15). The Labute approximate surface area is 105 Å². The Balaban J connectivity index is 2.80. The molecule has 0 aromatic carbocycles. The second-order valence-corrected chi connectivity index (χ2v) is 4.15. The average molecular weight is 255 g/mol. The molecule has 0 atom stereocenters. The topological polar surface area (TPSA) is 86.8 Å². The lowest BCUT2D eigenvalue weighted by molar-refractivity contribution is -0.152. The average Bonchev–Trinajstić information content (AvgIpc) is 2.34. The van der Waals surface area contributed by atoms with Gasteiger partial charge in [0.15, 0.2) is 5.92 Å². The van der Waals surface area contributed by atoms with Gasteiger partial charge < -0.3 is 5.32 Å². The predicted octanol–water partition coefficient (Wildman–Crippen LogP) is -0.431. The first-order valence-corrected chi connectivity index (χ1v) is 5.78. The van der Waals surface area contributed by atoms with E-state index in [0.29, 0.717) is 6.54 Å². The molecule has 1 rings (SSSR count). The van der Waals surface area contributed by atoms with Crippen LogP contribution in [0.15, 0.2) is 0 Å². The van der Waals surface area contributed by atoms with E-state index in [4.69, 9.17) is 0 Å². The second kappa shape index (κ2) is 5.61. The van der Waals surface area contributed by atoms with E-state index in [2.05, 4.69) is 5.32 Å². The lowest BCUT2D eigenvalue weighted by Crippen LogP contribution is -2.60. The zero-order valence-corrected chi connectivity index (χ0v) is 10.7. The van der Waals surface area contributed by atoms with Crippen molar-refractivity contribution in [1.82, 2.24) is 15.1 Å². The summed E-state index contributed by atoms with van der Waals surface area (Å²) in [4.78, 5) is 48.3. The monoisotopic (exact) mass is 255 g/mol. The summed E-state index contributed by atoms with van der Waals surface area (Å²) >= 11 is 0. The summed E-state index contributed by atoms with van der Waals surface area (Å²) in [6.07, 6.45) is 1.66. The van der Waals surface area contributed by atoms with Gasteiger partial charge in [-0.2, -0.15) is 0 Å². The molecule has 7 nitrogen and oxygen atoms in total. The van der Waals surface area contributed by atoms with E-state index < -0.39 is 29.7 Å². The van der Waals surface area contributed by atoms with E-state index in [-0.39, 0.29) is 0 Å². The number of rotatable bonds is 4. The van der Waals surface area contributed by atoms with Crippen molar-refractivity contribution in [3.63, 3.8) is 0 Å². The van der Waals surface area contributed by atoms with Crippen molar-refractivity contribution in [3.05, 3.63) is 0 Å². The Morgan fingerprint density at radius 2 is 1.67 bits per heavy atom. The van der Waals surface area contributed by atoms with Gasteiger partial charge in [-0.25, -0.2) is 4.79 Å². The Kier molecular flexibility index (Phi) is 4.41. The van der Waals surface area contributed by atoms with Crippen LogP contribution in [0.25, 0.3) is 0 Å². The van der Waals surface area contributed by atoms with Crippen molar-refractivity contribution < 1.29 is 19.2 Å². The quantitative estimate of drug-likeness (QED) is 0.545. The van der Waals surface area contributed by atoms with E-state index in [1.807, 2.05) is 6.92 Å². The molecular formula is C11H17N3O4. The highest BCUT2D eigenvalue weighted by molar-refractivity contribution is 6.25. The number of imide groups is 2. The van der Waals surface area contributed by atoms with Crippen LogP contribution in [0.1, 0.15) is 19.8 Å². The Morgan fingerprint density at radius 3 is 2.11 bits per heavy atom. The SMILES string of the molecule is CCCCNC(=O)C1C(=O)N(C)C(=O)N(C)C1=O. The maximum absolute atomic E-state index is 11.8. The van der Waals surface area contributed by atoms with E-state index in [1.54, 1.807) is 0 Å². The van der Waals surface area contributed by atoms with Crippen LogP contribution in [0, 0.1) is 5.92 Å². The molecule has 1 aliphatic rings. The van der Waals surface area contributed by atoms with E-state index >= 15 is 0 Å². The molecule has 0 aromatic rings. The van der Waals surface area contributed by atoms with Crippen LogP contribution in [0.3, 0.4) is 0 Å². The third kappa shape index (κ3) is 2.49. The normalized spacial score (nSPS) is 17.4. The van der Waals surface area contributed by atoms with E-state index in [9.17, 15) is 19.2 Å². The Bertz CT molecular complexity index is 370. The van der Waals surface area contributed by atoms with Crippen molar-refractivity contribution in [2.75, 3.05) is 20.6 Å². The second-order valence-electron chi connectivity index (χ2n) is 4.15. The molecule has 0 aromatic heterocycles. The molecule has 0 aliphatic carbocycles. The van der Waals surface area contributed by atoms with Gasteiger partial charge in [-0.1, -0.05) is 13.3 Å². The van der Waals surface area contributed by atoms with Gasteiger partial charge in [0.25, 0.3) is 11.8 Å². The van der Waals surface area contributed by atoms with Gasteiger partial charge in [0, 0.05) is 20.6 Å². The third-order valence-corrected chi connectivity index (χ3v) is 2.82. The van der Waals surface area contributed by atoms with E-state index in [0.717, 1.165) is 22.6 Å². The predicted molar refractivity (Wildman–Crippen MR) is 62.3 cm³/mol. The number of barbiturate groups is 1. The maximum atomic E-state index is 11.8. The van der Waals surface area contributed by atoms with Crippen LogP contribution in [-0.2, 0) is 14.4 Å². The summed E-state index contributed by atoms with van der Waals surface area (Å²) in [5.41, 5.74) is 0. The molecule has 0 spiro atoms. The van der Waals surface area contributed by atoms with E-state index in [1.165, 1.54) is 14.1 Å². The summed E-state index contributed by atoms with van der Waals surface area (Å²) in [6.45, 7) is 2.37. The highest BCUT2D eigenvalue weighted by atomic mass is 16.2. The molecule has 0 unspecified atom stereocenters. The van der Waals surface area contributed by atoms with Gasteiger partial charge in [-0.3, -0.25) is 24.2 Å². The minimum Gasteiger partial charge on any atom is -0.355 e. The van der Waals surface area contributed by atoms with Crippen LogP contribution < -0.4 is 5.32 Å². The largest absolute Gasteiger partial charge is 0.355 e. The number of hydrogen-bond acceptors (Lipinski definition) is 4. The molecule has 1 fully saturated rings. The number of unbranched alkanes of at least 4 members (excludes halogenated alkanes) is 1. The van der Waals surface area contributed by atoms with Crippen LogP contribution in [0.5, 0.6) is 0 Å². The number of carbonyl (C=O) groups is 4. The fourth-order valence-electron chi connectivity index (χ4n) is 1.62. The smallest absolute Gasteiger partial charge is 0.332 e. The van der Waals surface area contributed by atoms with Crippen molar-refractivity contribution in [2.45, 2.75) is 19.8 Å². The van der Waals surface area contributed by atoms with Crippen LogP contribution in [-0.4, -0.2) is 54.2 Å². The molecule has 1 heterocycles. The van der Waals surface area contributed by atoms with Crippen molar-refractivity contribution in [1.29, 1.82) is 0 Å². The summed E-state index contributed by atoms with van der Waals surface area (Å²) in [5, 5.41) is 2.52. The minimum absolute atomic E-state index is 0.410. The molecular weight excluding hydrogens is 238 g/mol. The van der Waals surface area contributed by atoms with Crippen LogP contribution in [0.2, 0.25) is 0 Å². The third-order valence-electron chi connectivity index (χ3n) is 2.82. The number of amides is 5. The summed E-state index contributed by atoms with van der Waals surface area (Å²) in [5.74, 6) is -3.66. The minimum atomic E-state index is -1.45. The highest BCUT2D eigenvalue weighted by Gasteiger charge is 2.46. The lowest BCUT2D eigenvalue weighted by Gasteiger charge is -2.32. The maximum Gasteiger partial charge on any atom is 0.332 e. The van der Waals surface area contributed by atoms with Gasteiger partial charge in [0.2, 0.25) is 5.91 Å². The molecule has 5 amide bonds. The van der Waals surface area contributed by atoms with Gasteiger partial charge in [0.05, 0.1) is 0 Å². The molecule has 1 saturated heterocycles. The fraction of sp³-hybridized carbons (Fsp3) is 0.636. The molecule has 1 N–H and O–H groups in total. The molecule has 1 aliphatic heterocycles. The molecule has 100 valence electrons. The first-order chi connectivity index (χ1) is 8.41. The van der Waals surface area contributed by atoms with Crippen molar-refractivity contribution in [2.24, 2.45) is 5.92 Å². The number of nitrogens with zero attached hydrogens (tertiary/aromatic N) is 2. The number of hydrogen-bond donors (Lipinski definition) is 1. The summed E-state index contributed by atoms with van der Waals surface area (Å²) in [7, 11) is 2.50. The molecule has 0 radical (unpaired) electrons. The van der Waals surface area contributed by atoms with Crippen LogP contribution >= 0.6 is 0 Å². The number of urea groups is 1. The lowest BCUT2D eigenvalue weighted by atomic mass is 10.0. The number of nitrogens with one attached hydrogen (secondary N) is 1. The Hall–Kier alpha value is -1.92. The summed E-state index contributed by atoms with van der Waals surface area (Å²) < 4.78 is 0. The van der Waals surface area contributed by atoms with Gasteiger partial charge in [-0.05, 0) is 6.42 Å². The Morgan fingerprint density at radius 1 is 1.17 bits per heavy atom. The molecule has 18 heavy (non-hydrogen) atoms. The van der Waals surface area contributed by atoms with Gasteiger partial charge >= 0.3 is 6.03 Å². The highest BCUT2D eigenvalue weighted by Crippen LogP contribution is 2.15. The molecule has 0 bridgehead atoms. The first kappa shape index (κ1) is 14.1.